The summed E-state index contributed by atoms with van der Waals surface area (Å²) in [6.45, 7) is 2.21. The first-order chi connectivity index (χ1) is 8.31. The zero-order valence-corrected chi connectivity index (χ0v) is 10.7. The lowest BCUT2D eigenvalue weighted by Crippen LogP contribution is -2.11. The molecule has 1 saturated carbocycles. The molecule has 0 radical (unpaired) electrons. The largest absolute Gasteiger partial charge is 0.465 e. The molecule has 6 nitrogen and oxygen atoms in total. The van der Waals surface area contributed by atoms with Crippen LogP contribution in [-0.4, -0.2) is 38.5 Å². The molecule has 1 aromatic heterocycles. The molecule has 0 unspecified atom stereocenters. The van der Waals surface area contributed by atoms with Crippen molar-refractivity contribution in [3.8, 4) is 0 Å². The average molecular weight is 256 g/mol. The summed E-state index contributed by atoms with van der Waals surface area (Å²) in [5, 5.41) is 12.3. The van der Waals surface area contributed by atoms with Gasteiger partial charge in [0, 0.05) is 0 Å². The van der Waals surface area contributed by atoms with E-state index in [1.807, 2.05) is 4.68 Å². The summed E-state index contributed by atoms with van der Waals surface area (Å²) < 4.78 is 6.71. The maximum atomic E-state index is 11.2. The number of esters is 1. The number of aromatic nitrogens is 4. The fourth-order valence-electron chi connectivity index (χ4n) is 1.98. The van der Waals surface area contributed by atoms with Crippen LogP contribution in [0.5, 0.6) is 0 Å². The molecule has 2 rings (SSSR count). The maximum Gasteiger partial charge on any atom is 0.316 e. The Labute approximate surface area is 104 Å². The summed E-state index contributed by atoms with van der Waals surface area (Å²) in [5.74, 6) is 0.0412. The molecule has 1 fully saturated rings. The van der Waals surface area contributed by atoms with Crippen molar-refractivity contribution in [3.05, 3.63) is 0 Å². The summed E-state index contributed by atoms with van der Waals surface area (Å²) in [4.78, 5) is 11.2. The van der Waals surface area contributed by atoms with E-state index in [9.17, 15) is 4.79 Å². The third-order valence-electron chi connectivity index (χ3n) is 2.76. The van der Waals surface area contributed by atoms with Crippen molar-refractivity contribution in [1.29, 1.82) is 0 Å². The highest BCUT2D eigenvalue weighted by Crippen LogP contribution is 2.31. The molecular weight excluding hydrogens is 240 g/mol. The third-order valence-corrected chi connectivity index (χ3v) is 3.66. The van der Waals surface area contributed by atoms with Crippen molar-refractivity contribution in [2.75, 3.05) is 12.4 Å². The lowest BCUT2D eigenvalue weighted by Gasteiger charge is -2.10. The average Bonchev–Trinajstić information content (AvgIpc) is 2.97. The molecule has 0 saturated heterocycles. The molecule has 1 aliphatic rings. The minimum absolute atomic E-state index is 0.224. The van der Waals surface area contributed by atoms with E-state index in [0.717, 1.165) is 12.8 Å². The van der Waals surface area contributed by atoms with Gasteiger partial charge in [0.05, 0.1) is 18.4 Å². The minimum atomic E-state index is -0.224. The van der Waals surface area contributed by atoms with E-state index in [4.69, 9.17) is 4.74 Å². The Morgan fingerprint density at radius 2 is 2.29 bits per heavy atom. The van der Waals surface area contributed by atoms with Gasteiger partial charge in [0.1, 0.15) is 0 Å². The molecule has 0 aliphatic heterocycles. The van der Waals surface area contributed by atoms with Crippen molar-refractivity contribution in [3.63, 3.8) is 0 Å². The van der Waals surface area contributed by atoms with Crippen molar-refractivity contribution in [2.24, 2.45) is 0 Å². The second-order valence-corrected chi connectivity index (χ2v) is 4.88. The number of ether oxygens (including phenoxy) is 1. The molecule has 0 bridgehead atoms. The predicted octanol–water partition coefficient (Wildman–Crippen LogP) is 1.44. The second kappa shape index (κ2) is 6.00. The first kappa shape index (κ1) is 12.3. The highest BCUT2D eigenvalue weighted by molar-refractivity contribution is 7.99. The third kappa shape index (κ3) is 3.18. The number of thioether (sulfide) groups is 1. The Morgan fingerprint density at radius 1 is 1.53 bits per heavy atom. The Bertz CT molecular complexity index is 376. The predicted molar refractivity (Wildman–Crippen MR) is 62.7 cm³/mol. The number of rotatable bonds is 5. The molecule has 0 amide bonds. The SMILES string of the molecule is CCOC(=O)CSc1nnnn1C1CCCC1. The van der Waals surface area contributed by atoms with Crippen LogP contribution < -0.4 is 0 Å². The van der Waals surface area contributed by atoms with Crippen LogP contribution in [0.15, 0.2) is 5.16 Å². The van der Waals surface area contributed by atoms with Crippen molar-refractivity contribution >= 4 is 17.7 Å². The van der Waals surface area contributed by atoms with Crippen LogP contribution in [0.2, 0.25) is 0 Å². The van der Waals surface area contributed by atoms with E-state index >= 15 is 0 Å². The normalized spacial score (nSPS) is 16.3. The molecular formula is C10H16N4O2S. The van der Waals surface area contributed by atoms with Crippen LogP contribution in [0.25, 0.3) is 0 Å². The zero-order valence-electron chi connectivity index (χ0n) is 9.83. The van der Waals surface area contributed by atoms with Gasteiger partial charge in [-0.15, -0.1) is 5.10 Å². The number of tetrazole rings is 1. The highest BCUT2D eigenvalue weighted by Gasteiger charge is 2.22. The zero-order chi connectivity index (χ0) is 12.1. The molecule has 0 atom stereocenters. The van der Waals surface area contributed by atoms with Gasteiger partial charge in [-0.25, -0.2) is 4.68 Å². The molecule has 0 aromatic carbocycles. The molecule has 17 heavy (non-hydrogen) atoms. The van der Waals surface area contributed by atoms with Gasteiger partial charge in [0.25, 0.3) is 0 Å². The molecule has 0 spiro atoms. The van der Waals surface area contributed by atoms with Crippen molar-refractivity contribution in [1.82, 2.24) is 20.2 Å². The maximum absolute atomic E-state index is 11.2. The number of hydrogen-bond acceptors (Lipinski definition) is 6. The lowest BCUT2D eigenvalue weighted by atomic mass is 10.3. The van der Waals surface area contributed by atoms with E-state index in [2.05, 4.69) is 15.5 Å². The van der Waals surface area contributed by atoms with Crippen molar-refractivity contribution in [2.45, 2.75) is 43.8 Å². The summed E-state index contributed by atoms with van der Waals surface area (Å²) in [7, 11) is 0. The number of nitrogens with zero attached hydrogens (tertiary/aromatic N) is 4. The Morgan fingerprint density at radius 3 is 3.00 bits per heavy atom. The van der Waals surface area contributed by atoms with Crippen LogP contribution >= 0.6 is 11.8 Å². The number of carbonyl (C=O) groups excluding carboxylic acids is 1. The van der Waals surface area contributed by atoms with E-state index in [-0.39, 0.29) is 11.7 Å². The van der Waals surface area contributed by atoms with E-state index in [0.29, 0.717) is 17.8 Å². The second-order valence-electron chi connectivity index (χ2n) is 3.94. The van der Waals surface area contributed by atoms with Crippen LogP contribution in [0.4, 0.5) is 0 Å². The van der Waals surface area contributed by atoms with Gasteiger partial charge in [-0.1, -0.05) is 24.6 Å². The van der Waals surface area contributed by atoms with Crippen LogP contribution in [0.3, 0.4) is 0 Å². The van der Waals surface area contributed by atoms with Gasteiger partial charge < -0.3 is 4.74 Å². The molecule has 1 aromatic rings. The summed E-state index contributed by atoms with van der Waals surface area (Å²) in [6, 6.07) is 0.398. The van der Waals surface area contributed by atoms with E-state index < -0.39 is 0 Å². The smallest absolute Gasteiger partial charge is 0.316 e. The number of carbonyl (C=O) groups is 1. The van der Waals surface area contributed by atoms with Crippen LogP contribution in [0, 0.1) is 0 Å². The minimum Gasteiger partial charge on any atom is -0.465 e. The Balaban J connectivity index is 1.92. The van der Waals surface area contributed by atoms with Gasteiger partial charge in [0.15, 0.2) is 0 Å². The summed E-state index contributed by atoms with van der Waals surface area (Å²) >= 11 is 1.34. The molecule has 7 heteroatoms. The molecule has 94 valence electrons. The quantitative estimate of drug-likeness (QED) is 0.586. The van der Waals surface area contributed by atoms with Crippen LogP contribution in [-0.2, 0) is 9.53 Å². The van der Waals surface area contributed by atoms with Crippen LogP contribution in [0.1, 0.15) is 38.6 Å². The van der Waals surface area contributed by atoms with Gasteiger partial charge in [0.2, 0.25) is 5.16 Å². The Kier molecular flexibility index (Phi) is 4.36. The summed E-state index contributed by atoms with van der Waals surface area (Å²) in [5.41, 5.74) is 0. The molecule has 1 heterocycles. The summed E-state index contributed by atoms with van der Waals surface area (Å²) in [6.07, 6.45) is 4.70. The fraction of sp³-hybridized carbons (Fsp3) is 0.800. The Hall–Kier alpha value is -1.11. The van der Waals surface area contributed by atoms with Gasteiger partial charge in [-0.3, -0.25) is 4.79 Å². The van der Waals surface area contributed by atoms with Gasteiger partial charge in [-0.05, 0) is 30.2 Å². The standard InChI is InChI=1S/C10H16N4O2S/c1-2-16-9(15)7-17-10-11-12-13-14(10)8-5-3-4-6-8/h8H,2-7H2,1H3. The monoisotopic (exact) mass is 256 g/mol. The number of hydrogen-bond donors (Lipinski definition) is 0. The van der Waals surface area contributed by atoms with E-state index in [1.54, 1.807) is 6.92 Å². The first-order valence-corrected chi connectivity index (χ1v) is 6.86. The lowest BCUT2D eigenvalue weighted by molar-refractivity contribution is -0.139. The van der Waals surface area contributed by atoms with Crippen molar-refractivity contribution < 1.29 is 9.53 Å². The highest BCUT2D eigenvalue weighted by atomic mass is 32.2. The molecule has 1 aliphatic carbocycles. The van der Waals surface area contributed by atoms with E-state index in [1.165, 1.54) is 24.6 Å². The fourth-order valence-corrected chi connectivity index (χ4v) is 2.73. The van der Waals surface area contributed by atoms with Gasteiger partial charge in [-0.2, -0.15) is 0 Å². The first-order valence-electron chi connectivity index (χ1n) is 5.87. The topological polar surface area (TPSA) is 69.9 Å². The van der Waals surface area contributed by atoms with Gasteiger partial charge >= 0.3 is 5.97 Å². The molecule has 0 N–H and O–H groups in total.